The van der Waals surface area contributed by atoms with Gasteiger partial charge < -0.3 is 5.11 Å². The van der Waals surface area contributed by atoms with Crippen LogP contribution in [0.15, 0.2) is 164 Å². The summed E-state index contributed by atoms with van der Waals surface area (Å²) in [7, 11) is 0. The lowest BCUT2D eigenvalue weighted by Crippen LogP contribution is -2.11. The van der Waals surface area contributed by atoms with Crippen LogP contribution in [0.5, 0.6) is 5.75 Å². The molecule has 7 aromatic carbocycles. The Morgan fingerprint density at radius 3 is 1.93 bits per heavy atom. The molecule has 2 heterocycles. The number of hydrogen-bond donors (Lipinski definition) is 1. The first-order valence-corrected chi connectivity index (χ1v) is 23.2. The minimum Gasteiger partial charge on any atom is -0.507 e. The summed E-state index contributed by atoms with van der Waals surface area (Å²) in [4.78, 5) is 10.2. The third-order valence-electron chi connectivity index (χ3n) is 12.8. The van der Waals surface area contributed by atoms with Gasteiger partial charge in [0.2, 0.25) is 0 Å². The van der Waals surface area contributed by atoms with E-state index in [9.17, 15) is 6.48 Å². The van der Waals surface area contributed by atoms with E-state index in [4.69, 9.17) is 14.6 Å². The molecule has 0 amide bonds. The molecule has 0 fully saturated rings. The van der Waals surface area contributed by atoms with Crippen LogP contribution in [0.4, 0.5) is 0 Å². The van der Waals surface area contributed by atoms with Crippen LogP contribution in [0.25, 0.3) is 83.9 Å². The van der Waals surface area contributed by atoms with E-state index in [-0.39, 0.29) is 45.9 Å². The summed E-state index contributed by atoms with van der Waals surface area (Å²) in [5.74, 6) is 0.842. The van der Waals surface area contributed by atoms with Crippen molar-refractivity contribution in [3.05, 3.63) is 192 Å². The van der Waals surface area contributed by atoms with E-state index in [0.29, 0.717) is 22.5 Å². The number of aromatic nitrogens is 3. The van der Waals surface area contributed by atoms with Gasteiger partial charge in [-0.3, -0.25) is 9.55 Å². The number of phenols is 1. The summed E-state index contributed by atoms with van der Waals surface area (Å²) >= 11 is 0. The lowest BCUT2D eigenvalue weighted by molar-refractivity contribution is 0.466. The van der Waals surface area contributed by atoms with Crippen LogP contribution in [0, 0.1) is 6.92 Å². The minimum absolute atomic E-state index is 0.000223. The molecule has 0 saturated heterocycles. The van der Waals surface area contributed by atoms with E-state index in [1.165, 1.54) is 5.56 Å². The van der Waals surface area contributed by atoms with Gasteiger partial charge in [-0.1, -0.05) is 178 Å². The zero-order valence-corrected chi connectivity index (χ0v) is 40.4. The lowest BCUT2D eigenvalue weighted by Gasteiger charge is -2.22. The molecule has 0 radical (unpaired) electrons. The number of pyridine rings is 1. The molecular weight excluding hydrogens is 815 g/mol. The Morgan fingerprint density at radius 2 is 1.25 bits per heavy atom. The monoisotopic (exact) mass is 886 g/mol. The number of phenolic OH excluding ortho intramolecular Hbond substituents is 1. The molecule has 336 valence electrons. The van der Waals surface area contributed by atoms with Gasteiger partial charge in [-0.25, -0.2) is 4.98 Å². The standard InChI is InChI=1S/C63H63N3O/c1-39(2)46-35-52(40(3)4)60(67)55(36-46)61-65-59-51(47-32-48(34-50(33-47)63(9,10)11)56-37-45(29-30-64-56)42-19-14-12-15-20-42)23-18-24-57(59)66(61)58-38-53(43-21-16-13-17-22-43)41(5)31-54(58)44-25-27-49(28-26-44)62(6,7)8/h12-40,67H,1-11H3/i12D,14D,15D,19D,20D,29D,30D,37D. The minimum atomic E-state index is -0.601. The summed E-state index contributed by atoms with van der Waals surface area (Å²) in [6.07, 6.45) is -0.503. The Balaban J connectivity index is 1.40. The molecule has 1 N–H and O–H groups in total. The second-order valence-corrected chi connectivity index (χ2v) is 20.4. The van der Waals surface area contributed by atoms with Gasteiger partial charge in [0, 0.05) is 22.9 Å². The molecule has 0 bridgehead atoms. The first-order valence-electron chi connectivity index (χ1n) is 27.2. The van der Waals surface area contributed by atoms with Crippen molar-refractivity contribution < 1.29 is 16.1 Å². The van der Waals surface area contributed by atoms with Crippen molar-refractivity contribution in [2.45, 2.75) is 98.8 Å². The van der Waals surface area contributed by atoms with Gasteiger partial charge in [0.25, 0.3) is 0 Å². The predicted octanol–water partition coefficient (Wildman–Crippen LogP) is 17.3. The molecule has 0 spiro atoms. The average Bonchev–Trinajstić information content (AvgIpc) is 3.78. The average molecular weight is 886 g/mol. The lowest BCUT2D eigenvalue weighted by atomic mass is 9.83. The van der Waals surface area contributed by atoms with Crippen molar-refractivity contribution >= 4 is 11.0 Å². The molecule has 0 aliphatic carbocycles. The fourth-order valence-corrected chi connectivity index (χ4v) is 8.88. The molecule has 9 aromatic rings. The Bertz CT molecular complexity index is 3710. The van der Waals surface area contributed by atoms with Gasteiger partial charge in [-0.15, -0.1) is 0 Å². The van der Waals surface area contributed by atoms with E-state index in [2.05, 4.69) is 159 Å². The maximum atomic E-state index is 12.6. The van der Waals surface area contributed by atoms with Crippen molar-refractivity contribution in [3.8, 4) is 78.6 Å². The van der Waals surface area contributed by atoms with Crippen molar-refractivity contribution in [1.82, 2.24) is 14.5 Å². The van der Waals surface area contributed by atoms with Gasteiger partial charge in [0.1, 0.15) is 11.6 Å². The van der Waals surface area contributed by atoms with Crippen LogP contribution in [-0.2, 0) is 10.8 Å². The van der Waals surface area contributed by atoms with Crippen LogP contribution in [-0.4, -0.2) is 19.6 Å². The zero-order chi connectivity index (χ0) is 54.3. The number of imidazole rings is 1. The van der Waals surface area contributed by atoms with Crippen molar-refractivity contribution in [2.24, 2.45) is 0 Å². The highest BCUT2D eigenvalue weighted by molar-refractivity contribution is 5.98. The summed E-state index contributed by atoms with van der Waals surface area (Å²) in [5, 5.41) is 12.6. The van der Waals surface area contributed by atoms with Gasteiger partial charge in [-0.05, 0) is 139 Å². The van der Waals surface area contributed by atoms with Crippen LogP contribution in [0.1, 0.15) is 120 Å². The maximum absolute atomic E-state index is 12.6. The van der Waals surface area contributed by atoms with Crippen molar-refractivity contribution in [2.75, 3.05) is 0 Å². The fraction of sp³-hybridized carbons (Fsp3) is 0.238. The zero-order valence-electron chi connectivity index (χ0n) is 48.4. The Kier molecular flexibility index (Phi) is 9.51. The van der Waals surface area contributed by atoms with E-state index in [0.717, 1.165) is 66.8 Å². The summed E-state index contributed by atoms with van der Waals surface area (Å²) in [6, 6.07) is 35.9. The number of para-hydroxylation sites is 1. The molecule has 0 unspecified atom stereocenters. The molecular formula is C63H63N3O. The van der Waals surface area contributed by atoms with Crippen LogP contribution in [0.2, 0.25) is 0 Å². The third kappa shape index (κ3) is 8.86. The van der Waals surface area contributed by atoms with E-state index in [1.807, 2.05) is 42.5 Å². The molecule has 67 heavy (non-hydrogen) atoms. The van der Waals surface area contributed by atoms with Crippen molar-refractivity contribution in [1.29, 1.82) is 0 Å². The predicted molar refractivity (Wildman–Crippen MR) is 283 cm³/mol. The third-order valence-corrected chi connectivity index (χ3v) is 12.8. The number of nitrogens with zero attached hydrogens (tertiary/aromatic N) is 3. The second-order valence-electron chi connectivity index (χ2n) is 20.4. The van der Waals surface area contributed by atoms with E-state index >= 15 is 0 Å². The number of benzene rings is 7. The highest BCUT2D eigenvalue weighted by Gasteiger charge is 2.27. The summed E-state index contributed by atoms with van der Waals surface area (Å²) < 4.78 is 72.2. The molecule has 9 rings (SSSR count). The Hall–Kier alpha value is -7.04. The number of rotatable bonds is 9. The van der Waals surface area contributed by atoms with E-state index < -0.39 is 47.8 Å². The number of aryl methyl sites for hydroxylation is 1. The first kappa shape index (κ1) is 36.1. The Morgan fingerprint density at radius 1 is 0.567 bits per heavy atom. The molecule has 0 aliphatic rings. The smallest absolute Gasteiger partial charge is 0.149 e. The number of hydrogen-bond acceptors (Lipinski definition) is 3. The van der Waals surface area contributed by atoms with Gasteiger partial charge in [0.15, 0.2) is 0 Å². The number of fused-ring (bicyclic) bond motifs is 1. The van der Waals surface area contributed by atoms with Gasteiger partial charge in [0.05, 0.1) is 38.9 Å². The molecule has 4 nitrogen and oxygen atoms in total. The molecule has 0 atom stereocenters. The van der Waals surface area contributed by atoms with Crippen LogP contribution >= 0.6 is 0 Å². The Labute approximate surface area is 409 Å². The molecule has 2 aromatic heterocycles. The van der Waals surface area contributed by atoms with E-state index in [1.54, 1.807) is 0 Å². The largest absolute Gasteiger partial charge is 0.507 e. The summed E-state index contributed by atoms with van der Waals surface area (Å²) in [6.45, 7) is 23.5. The highest BCUT2D eigenvalue weighted by atomic mass is 16.3. The normalized spacial score (nSPS) is 13.8. The quantitative estimate of drug-likeness (QED) is 0.157. The SMILES string of the molecule is [2H]c1nc(-c2cc(-c3cccc4c3nc(-c3cc(C(C)C)cc(C(C)C)c3O)n4-c3cc(-c4ccccc4)c(C)cc3-c3ccc(C(C)(C)C)cc3)cc(C(C)(C)C)c2)c([2H])c(-c2c([2H])c([2H])c([2H])c([2H])c2[2H])c1[2H]. The topological polar surface area (TPSA) is 50.9 Å². The fourth-order valence-electron chi connectivity index (χ4n) is 8.88. The molecule has 0 saturated carbocycles. The van der Waals surface area contributed by atoms with Gasteiger partial charge in [-0.2, -0.15) is 0 Å². The van der Waals surface area contributed by atoms with Gasteiger partial charge >= 0.3 is 0 Å². The molecule has 4 heteroatoms. The van der Waals surface area contributed by atoms with Crippen molar-refractivity contribution in [3.63, 3.8) is 0 Å². The van der Waals surface area contributed by atoms with Crippen LogP contribution < -0.4 is 0 Å². The van der Waals surface area contributed by atoms with Crippen LogP contribution in [0.3, 0.4) is 0 Å². The molecule has 0 aliphatic heterocycles. The maximum Gasteiger partial charge on any atom is 0.149 e. The second kappa shape index (κ2) is 17.6. The highest BCUT2D eigenvalue weighted by Crippen LogP contribution is 2.46. The number of aromatic hydroxyl groups is 1. The summed E-state index contributed by atoms with van der Waals surface area (Å²) in [5.41, 5.74) is 12.9. The first-order chi connectivity index (χ1) is 35.3.